The molecule has 0 fully saturated rings. The number of aryl methyl sites for hydroxylation is 1. The van der Waals surface area contributed by atoms with Gasteiger partial charge in [0.1, 0.15) is 0 Å². The van der Waals surface area contributed by atoms with Crippen molar-refractivity contribution in [3.63, 3.8) is 0 Å². The summed E-state index contributed by atoms with van der Waals surface area (Å²) in [6, 6.07) is 8.05. The van der Waals surface area contributed by atoms with E-state index in [2.05, 4.69) is 5.32 Å². The summed E-state index contributed by atoms with van der Waals surface area (Å²) in [6.45, 7) is 1.76. The molecule has 0 saturated heterocycles. The number of hydrogen-bond acceptors (Lipinski definition) is 4. The zero-order chi connectivity index (χ0) is 15.6. The Labute approximate surface area is 153 Å². The second kappa shape index (κ2) is 7.60. The van der Waals surface area contributed by atoms with Crippen LogP contribution < -0.4 is 40.0 Å². The first kappa shape index (κ1) is 18.4. The largest absolute Gasteiger partial charge is 1.00 e. The molecule has 0 aliphatic carbocycles. The molecular formula is C14H10ClN2NaO4. The summed E-state index contributed by atoms with van der Waals surface area (Å²) in [5.41, 5.74) is 0.783. The maximum atomic E-state index is 12.1. The number of benzene rings is 2. The van der Waals surface area contributed by atoms with Crippen LogP contribution in [0.25, 0.3) is 0 Å². The molecule has 108 valence electrons. The number of halogens is 1. The van der Waals surface area contributed by atoms with E-state index in [0.29, 0.717) is 0 Å². The molecule has 22 heavy (non-hydrogen) atoms. The van der Waals surface area contributed by atoms with E-state index in [4.69, 9.17) is 11.6 Å². The molecule has 0 aromatic heterocycles. The van der Waals surface area contributed by atoms with Crippen LogP contribution in [0.4, 0.5) is 11.4 Å². The van der Waals surface area contributed by atoms with Gasteiger partial charge in [0, 0.05) is 17.7 Å². The fourth-order valence-corrected chi connectivity index (χ4v) is 1.95. The monoisotopic (exact) mass is 328 g/mol. The van der Waals surface area contributed by atoms with Crippen molar-refractivity contribution in [3.8, 4) is 5.75 Å². The summed E-state index contributed by atoms with van der Waals surface area (Å²) in [5, 5.41) is 24.7. The summed E-state index contributed by atoms with van der Waals surface area (Å²) >= 11 is 5.88. The van der Waals surface area contributed by atoms with Gasteiger partial charge in [0.05, 0.1) is 15.6 Å². The number of nitrogens with one attached hydrogen (secondary N) is 1. The first-order valence-electron chi connectivity index (χ1n) is 5.91. The molecule has 1 N–H and O–H groups in total. The summed E-state index contributed by atoms with van der Waals surface area (Å²) in [7, 11) is 0. The molecular weight excluding hydrogens is 319 g/mol. The van der Waals surface area contributed by atoms with Crippen molar-refractivity contribution >= 4 is 28.9 Å². The average Bonchev–Trinajstić information content (AvgIpc) is 2.43. The number of carbonyl (C=O) groups excluding carboxylic acids is 1. The van der Waals surface area contributed by atoms with Gasteiger partial charge in [-0.2, -0.15) is 0 Å². The Kier molecular flexibility index (Phi) is 6.37. The SMILES string of the molecule is Cc1ccc([O-])c(C(=O)Nc2ccc([N+](=O)[O-])cc2Cl)c1.[Na+]. The van der Waals surface area contributed by atoms with Crippen LogP contribution in [0, 0.1) is 17.0 Å². The maximum absolute atomic E-state index is 12.1. The van der Waals surface area contributed by atoms with Gasteiger partial charge in [-0.1, -0.05) is 35.0 Å². The number of nitro benzene ring substituents is 1. The van der Waals surface area contributed by atoms with Gasteiger partial charge >= 0.3 is 29.6 Å². The number of anilines is 1. The molecule has 0 unspecified atom stereocenters. The summed E-state index contributed by atoms with van der Waals surface area (Å²) in [5.74, 6) is -1.02. The van der Waals surface area contributed by atoms with E-state index in [1.165, 1.54) is 24.3 Å². The van der Waals surface area contributed by atoms with E-state index in [-0.39, 0.29) is 51.5 Å². The third-order valence-electron chi connectivity index (χ3n) is 2.79. The van der Waals surface area contributed by atoms with E-state index in [1.807, 2.05) is 0 Å². The van der Waals surface area contributed by atoms with Crippen LogP contribution in [-0.4, -0.2) is 10.8 Å². The smallest absolute Gasteiger partial charge is 0.872 e. The topological polar surface area (TPSA) is 95.3 Å². The van der Waals surface area contributed by atoms with Gasteiger partial charge in [-0.05, 0) is 19.1 Å². The molecule has 0 atom stereocenters. The van der Waals surface area contributed by atoms with Crippen LogP contribution in [-0.2, 0) is 0 Å². The third kappa shape index (κ3) is 4.20. The van der Waals surface area contributed by atoms with Gasteiger partial charge in [0.2, 0.25) is 0 Å². The average molecular weight is 329 g/mol. The molecule has 0 aliphatic rings. The maximum Gasteiger partial charge on any atom is 1.00 e. The number of rotatable bonds is 3. The minimum atomic E-state index is -0.612. The Morgan fingerprint density at radius 1 is 1.23 bits per heavy atom. The van der Waals surface area contributed by atoms with Crippen molar-refractivity contribution in [2.75, 3.05) is 5.32 Å². The summed E-state index contributed by atoms with van der Waals surface area (Å²) in [6.07, 6.45) is 0. The molecule has 2 rings (SSSR count). The molecule has 0 radical (unpaired) electrons. The van der Waals surface area contributed by atoms with E-state index in [0.717, 1.165) is 11.6 Å². The second-order valence-corrected chi connectivity index (χ2v) is 4.78. The third-order valence-corrected chi connectivity index (χ3v) is 3.10. The van der Waals surface area contributed by atoms with Crippen LogP contribution in [0.1, 0.15) is 15.9 Å². The van der Waals surface area contributed by atoms with E-state index in [9.17, 15) is 20.0 Å². The van der Waals surface area contributed by atoms with Crippen molar-refractivity contribution < 1.29 is 44.4 Å². The normalized spacial score (nSPS) is 9.73. The number of nitro groups is 1. The summed E-state index contributed by atoms with van der Waals surface area (Å²) in [4.78, 5) is 22.1. The van der Waals surface area contributed by atoms with Crippen molar-refractivity contribution in [3.05, 3.63) is 62.7 Å². The van der Waals surface area contributed by atoms with Gasteiger partial charge in [-0.25, -0.2) is 0 Å². The number of carbonyl (C=O) groups is 1. The van der Waals surface area contributed by atoms with E-state index >= 15 is 0 Å². The van der Waals surface area contributed by atoms with Crippen LogP contribution in [0.2, 0.25) is 5.02 Å². The minimum absolute atomic E-state index is 0. The van der Waals surface area contributed by atoms with Crippen LogP contribution in [0.15, 0.2) is 36.4 Å². The fraction of sp³-hybridized carbons (Fsp3) is 0.0714. The zero-order valence-electron chi connectivity index (χ0n) is 11.9. The van der Waals surface area contributed by atoms with Crippen LogP contribution in [0.5, 0.6) is 5.75 Å². The predicted molar refractivity (Wildman–Crippen MR) is 76.7 cm³/mol. The number of non-ortho nitro benzene ring substituents is 1. The number of nitrogens with zero attached hydrogens (tertiary/aromatic N) is 1. The number of amides is 1. The van der Waals surface area contributed by atoms with Crippen molar-refractivity contribution in [1.29, 1.82) is 0 Å². The Bertz CT molecular complexity index is 737. The van der Waals surface area contributed by atoms with Crippen molar-refractivity contribution in [2.45, 2.75) is 6.92 Å². The summed E-state index contributed by atoms with van der Waals surface area (Å²) < 4.78 is 0. The Hall–Kier alpha value is -1.60. The molecule has 0 aliphatic heterocycles. The first-order valence-corrected chi connectivity index (χ1v) is 6.29. The fourth-order valence-electron chi connectivity index (χ4n) is 1.73. The van der Waals surface area contributed by atoms with Gasteiger partial charge in [0.25, 0.3) is 11.6 Å². The van der Waals surface area contributed by atoms with Crippen LogP contribution >= 0.6 is 11.6 Å². The van der Waals surface area contributed by atoms with Crippen molar-refractivity contribution in [1.82, 2.24) is 0 Å². The molecule has 0 heterocycles. The Morgan fingerprint density at radius 2 is 1.91 bits per heavy atom. The Morgan fingerprint density at radius 3 is 2.50 bits per heavy atom. The molecule has 8 heteroatoms. The van der Waals surface area contributed by atoms with Gasteiger partial charge < -0.3 is 10.4 Å². The van der Waals surface area contributed by atoms with Crippen molar-refractivity contribution in [2.24, 2.45) is 0 Å². The molecule has 6 nitrogen and oxygen atoms in total. The first-order chi connectivity index (χ1) is 9.88. The minimum Gasteiger partial charge on any atom is -0.872 e. The van der Waals surface area contributed by atoms with Gasteiger partial charge in [0.15, 0.2) is 0 Å². The molecule has 1 amide bonds. The zero-order valence-corrected chi connectivity index (χ0v) is 14.7. The molecule has 2 aromatic rings. The van der Waals surface area contributed by atoms with E-state index < -0.39 is 16.6 Å². The quantitative estimate of drug-likeness (QED) is 0.483. The molecule has 0 spiro atoms. The predicted octanol–water partition coefficient (Wildman–Crippen LogP) is -0.113. The number of hydrogen-bond donors (Lipinski definition) is 1. The molecule has 2 aromatic carbocycles. The molecule has 0 bridgehead atoms. The van der Waals surface area contributed by atoms with Crippen LogP contribution in [0.3, 0.4) is 0 Å². The standard InChI is InChI=1S/C14H11ClN2O4.Na/c1-8-2-5-13(18)10(6-8)14(19)16-12-4-3-9(17(20)21)7-11(12)15;/h2-7,18H,1H3,(H,16,19);/q;+1/p-1. The van der Waals surface area contributed by atoms with Gasteiger partial charge in [-0.3, -0.25) is 14.9 Å². The second-order valence-electron chi connectivity index (χ2n) is 4.37. The molecule has 0 saturated carbocycles. The Balaban J connectivity index is 0.00000242. The van der Waals surface area contributed by atoms with Gasteiger partial charge in [-0.15, -0.1) is 0 Å². The van der Waals surface area contributed by atoms with E-state index in [1.54, 1.807) is 13.0 Å².